The van der Waals surface area contributed by atoms with Crippen LogP contribution in [0.2, 0.25) is 5.02 Å². The van der Waals surface area contributed by atoms with E-state index in [1.165, 1.54) is 17.5 Å². The van der Waals surface area contributed by atoms with E-state index in [2.05, 4.69) is 30.7 Å². The van der Waals surface area contributed by atoms with Crippen molar-refractivity contribution in [2.75, 3.05) is 5.75 Å². The van der Waals surface area contributed by atoms with Crippen LogP contribution in [0.25, 0.3) is 0 Å². The summed E-state index contributed by atoms with van der Waals surface area (Å²) in [6, 6.07) is 7.71. The fraction of sp³-hybridized carbons (Fsp3) is 0.600. The zero-order valence-electron chi connectivity index (χ0n) is 15.0. The predicted octanol–water partition coefficient (Wildman–Crippen LogP) is 4.72. The van der Waals surface area contributed by atoms with Crippen LogP contribution in [-0.4, -0.2) is 23.9 Å². The van der Waals surface area contributed by atoms with Gasteiger partial charge in [-0.15, -0.1) is 0 Å². The van der Waals surface area contributed by atoms with Crippen molar-refractivity contribution in [2.45, 2.75) is 52.0 Å². The molecule has 2 rings (SSSR count). The zero-order chi connectivity index (χ0) is 18.2. The van der Waals surface area contributed by atoms with Gasteiger partial charge in [0.1, 0.15) is 6.29 Å². The van der Waals surface area contributed by atoms with Gasteiger partial charge in [-0.1, -0.05) is 62.4 Å². The number of rotatable bonds is 10. The Bertz CT molecular complexity index is 561. The van der Waals surface area contributed by atoms with Gasteiger partial charge < -0.3 is 4.79 Å². The lowest BCUT2D eigenvalue weighted by atomic mass is 9.81. The number of unbranched alkanes of at least 4 members (excludes halogenated alkanes) is 2. The normalized spacial score (nSPS) is 21.4. The summed E-state index contributed by atoms with van der Waals surface area (Å²) in [5, 5.41) is 0.773. The standard InChI is InChI=1S/C20H28ClNO2S/c1-14(2)18(20(24)19-16(12-23)13-25-22-19)7-5-3-4-6-15-8-10-17(21)11-9-15/h8-12,14,16,18-19,22H,3-7,13H2,1-2H3/t16-,18?,19?/m1/s1. The third kappa shape index (κ3) is 6.12. The van der Waals surface area contributed by atoms with Crippen molar-refractivity contribution >= 4 is 35.6 Å². The summed E-state index contributed by atoms with van der Waals surface area (Å²) in [5.41, 5.74) is 1.31. The highest BCUT2D eigenvalue weighted by Crippen LogP contribution is 2.28. The summed E-state index contributed by atoms with van der Waals surface area (Å²) in [6.45, 7) is 4.21. The number of ketones is 1. The van der Waals surface area contributed by atoms with Crippen molar-refractivity contribution in [3.8, 4) is 0 Å². The Labute approximate surface area is 160 Å². The van der Waals surface area contributed by atoms with Crippen molar-refractivity contribution in [3.05, 3.63) is 34.9 Å². The van der Waals surface area contributed by atoms with E-state index in [1.54, 1.807) is 0 Å². The molecule has 0 aliphatic carbocycles. The number of benzene rings is 1. The van der Waals surface area contributed by atoms with Gasteiger partial charge in [-0.3, -0.25) is 9.52 Å². The summed E-state index contributed by atoms with van der Waals surface area (Å²) in [6.07, 6.45) is 6.17. The summed E-state index contributed by atoms with van der Waals surface area (Å²) < 4.78 is 3.15. The largest absolute Gasteiger partial charge is 0.303 e. The molecule has 1 aromatic rings. The number of nitrogens with one attached hydrogen (secondary N) is 1. The highest BCUT2D eigenvalue weighted by atomic mass is 35.5. The number of aldehydes is 1. The van der Waals surface area contributed by atoms with Gasteiger partial charge in [-0.25, -0.2) is 0 Å². The molecule has 0 aromatic heterocycles. The van der Waals surface area contributed by atoms with Crippen LogP contribution in [0.3, 0.4) is 0 Å². The van der Waals surface area contributed by atoms with Gasteiger partial charge in [-0.2, -0.15) is 0 Å². The molecule has 3 atom stereocenters. The molecule has 0 spiro atoms. The van der Waals surface area contributed by atoms with Crippen molar-refractivity contribution < 1.29 is 9.59 Å². The highest BCUT2D eigenvalue weighted by molar-refractivity contribution is 7.97. The SMILES string of the molecule is CC(C)C(CCCCCc1ccc(Cl)cc1)C(=O)C1NSC[C@H]1C=O. The molecule has 0 saturated carbocycles. The fourth-order valence-corrected chi connectivity index (χ4v) is 4.52. The lowest BCUT2D eigenvalue weighted by Gasteiger charge is -2.24. The van der Waals surface area contributed by atoms with E-state index in [1.807, 2.05) is 12.1 Å². The molecule has 1 N–H and O–H groups in total. The van der Waals surface area contributed by atoms with Crippen LogP contribution in [-0.2, 0) is 16.0 Å². The molecular formula is C20H28ClNO2S. The first-order valence-electron chi connectivity index (χ1n) is 9.13. The summed E-state index contributed by atoms with van der Waals surface area (Å²) in [4.78, 5) is 24.0. The maximum Gasteiger partial charge on any atom is 0.154 e. The summed E-state index contributed by atoms with van der Waals surface area (Å²) in [7, 11) is 0. The maximum absolute atomic E-state index is 12.8. The molecule has 0 bridgehead atoms. The first-order chi connectivity index (χ1) is 12.0. The molecule has 138 valence electrons. The van der Waals surface area contributed by atoms with E-state index in [0.717, 1.165) is 43.4 Å². The molecule has 1 aromatic carbocycles. The molecule has 5 heteroatoms. The van der Waals surface area contributed by atoms with Crippen LogP contribution in [0.5, 0.6) is 0 Å². The first-order valence-corrected chi connectivity index (χ1v) is 10.5. The minimum absolute atomic E-state index is 0.0363. The van der Waals surface area contributed by atoms with Crippen molar-refractivity contribution in [1.29, 1.82) is 0 Å². The number of hydrogen-bond donors (Lipinski definition) is 1. The van der Waals surface area contributed by atoms with Crippen LogP contribution in [0.4, 0.5) is 0 Å². The molecular weight excluding hydrogens is 354 g/mol. The van der Waals surface area contributed by atoms with E-state index in [4.69, 9.17) is 11.6 Å². The zero-order valence-corrected chi connectivity index (χ0v) is 16.6. The van der Waals surface area contributed by atoms with Gasteiger partial charge in [0.2, 0.25) is 0 Å². The van der Waals surface area contributed by atoms with E-state index in [0.29, 0.717) is 11.7 Å². The second-order valence-electron chi connectivity index (χ2n) is 7.19. The number of Topliss-reactive ketones (excluding diaryl/α,β-unsaturated/α-hetero) is 1. The van der Waals surface area contributed by atoms with Crippen LogP contribution in [0.1, 0.15) is 45.1 Å². The van der Waals surface area contributed by atoms with Crippen LogP contribution in [0, 0.1) is 17.8 Å². The molecule has 0 radical (unpaired) electrons. The van der Waals surface area contributed by atoms with Crippen molar-refractivity contribution in [1.82, 2.24) is 4.72 Å². The van der Waals surface area contributed by atoms with E-state index in [-0.39, 0.29) is 23.7 Å². The monoisotopic (exact) mass is 381 g/mol. The minimum Gasteiger partial charge on any atom is -0.303 e. The predicted molar refractivity (Wildman–Crippen MR) is 106 cm³/mol. The number of hydrogen-bond acceptors (Lipinski definition) is 4. The summed E-state index contributed by atoms with van der Waals surface area (Å²) in [5.74, 6) is 1.09. The molecule has 1 aliphatic rings. The van der Waals surface area contributed by atoms with Gasteiger partial charge in [0, 0.05) is 22.6 Å². The van der Waals surface area contributed by atoms with Gasteiger partial charge in [0.15, 0.2) is 5.78 Å². The smallest absolute Gasteiger partial charge is 0.154 e. The molecule has 0 amide bonds. The fourth-order valence-electron chi connectivity index (χ4n) is 3.36. The quantitative estimate of drug-likeness (QED) is 0.362. The number of carbonyl (C=O) groups excluding carboxylic acids is 2. The minimum atomic E-state index is -0.302. The Morgan fingerprint density at radius 1 is 1.28 bits per heavy atom. The third-order valence-electron chi connectivity index (χ3n) is 4.96. The van der Waals surface area contributed by atoms with E-state index < -0.39 is 0 Å². The molecule has 1 saturated heterocycles. The number of carbonyl (C=O) groups is 2. The molecule has 2 unspecified atom stereocenters. The second-order valence-corrected chi connectivity index (χ2v) is 8.48. The van der Waals surface area contributed by atoms with Crippen LogP contribution in [0.15, 0.2) is 24.3 Å². The number of halogens is 1. The molecule has 25 heavy (non-hydrogen) atoms. The summed E-state index contributed by atoms with van der Waals surface area (Å²) >= 11 is 7.40. The Morgan fingerprint density at radius 2 is 2.00 bits per heavy atom. The van der Waals surface area contributed by atoms with Crippen LogP contribution < -0.4 is 4.72 Å². The molecule has 1 fully saturated rings. The Hall–Kier alpha value is -0.840. The average Bonchev–Trinajstić information content (AvgIpc) is 3.07. The molecule has 3 nitrogen and oxygen atoms in total. The Balaban J connectivity index is 1.76. The van der Waals surface area contributed by atoms with E-state index >= 15 is 0 Å². The topological polar surface area (TPSA) is 46.2 Å². The molecule has 1 aliphatic heterocycles. The lowest BCUT2D eigenvalue weighted by molar-refractivity contribution is -0.128. The second kappa shape index (κ2) is 10.3. The third-order valence-corrected chi connectivity index (χ3v) is 6.18. The Kier molecular flexibility index (Phi) is 8.47. The Morgan fingerprint density at radius 3 is 2.64 bits per heavy atom. The average molecular weight is 382 g/mol. The van der Waals surface area contributed by atoms with Gasteiger partial charge in [0.05, 0.1) is 6.04 Å². The van der Waals surface area contributed by atoms with Crippen LogP contribution >= 0.6 is 23.5 Å². The maximum atomic E-state index is 12.8. The van der Waals surface area contributed by atoms with Gasteiger partial charge in [0.25, 0.3) is 0 Å². The molecule has 1 heterocycles. The lowest BCUT2D eigenvalue weighted by Crippen LogP contribution is -2.41. The van der Waals surface area contributed by atoms with E-state index in [9.17, 15) is 9.59 Å². The van der Waals surface area contributed by atoms with Crippen molar-refractivity contribution in [3.63, 3.8) is 0 Å². The van der Waals surface area contributed by atoms with Gasteiger partial charge >= 0.3 is 0 Å². The van der Waals surface area contributed by atoms with Gasteiger partial charge in [-0.05, 0) is 42.9 Å². The van der Waals surface area contributed by atoms with Crippen molar-refractivity contribution in [2.24, 2.45) is 17.8 Å². The first kappa shape index (κ1) is 20.5. The highest BCUT2D eigenvalue weighted by Gasteiger charge is 2.37. The number of aryl methyl sites for hydroxylation is 1.